The van der Waals surface area contributed by atoms with Crippen molar-refractivity contribution in [2.24, 2.45) is 0 Å². The number of ether oxygens (including phenoxy) is 1. The summed E-state index contributed by atoms with van der Waals surface area (Å²) in [6, 6.07) is 4.46. The number of piperidine rings is 1. The number of aryl methyl sites for hydroxylation is 1. The molecule has 0 aliphatic carbocycles. The number of carbonyl (C=O) groups excluding carboxylic acids is 2. The number of amides is 1. The minimum Gasteiger partial charge on any atom is -0.452 e. The van der Waals surface area contributed by atoms with Crippen molar-refractivity contribution in [1.82, 2.24) is 9.21 Å². The molecular weight excluding hydrogens is 368 g/mol. The van der Waals surface area contributed by atoms with Gasteiger partial charge in [0.2, 0.25) is 10.0 Å². The van der Waals surface area contributed by atoms with Gasteiger partial charge < -0.3 is 9.64 Å². The molecule has 0 aromatic heterocycles. The third-order valence-corrected chi connectivity index (χ3v) is 6.72. The summed E-state index contributed by atoms with van der Waals surface area (Å²) in [5.41, 5.74) is 0.772. The largest absolute Gasteiger partial charge is 0.452 e. The Morgan fingerprint density at radius 3 is 2.33 bits per heavy atom. The van der Waals surface area contributed by atoms with Crippen LogP contribution in [0.5, 0.6) is 0 Å². The van der Waals surface area contributed by atoms with Crippen LogP contribution in [-0.2, 0) is 19.6 Å². The number of hydrogen-bond acceptors (Lipinski definition) is 5. The predicted octanol–water partition coefficient (Wildman–Crippen LogP) is 2.19. The quantitative estimate of drug-likeness (QED) is 0.660. The van der Waals surface area contributed by atoms with Gasteiger partial charge in [0.15, 0.2) is 6.61 Å². The Morgan fingerprint density at radius 1 is 1.11 bits per heavy atom. The SMILES string of the molecule is CCN(CC)C(=O)COC(=O)c1cc(S(=O)(=O)N2CCCCC2)ccc1C. The highest BCUT2D eigenvalue weighted by Gasteiger charge is 2.27. The molecule has 0 unspecified atom stereocenters. The highest BCUT2D eigenvalue weighted by molar-refractivity contribution is 7.89. The van der Waals surface area contributed by atoms with Crippen molar-refractivity contribution in [3.05, 3.63) is 29.3 Å². The van der Waals surface area contributed by atoms with Gasteiger partial charge in [0.25, 0.3) is 5.91 Å². The minimum absolute atomic E-state index is 0.0806. The van der Waals surface area contributed by atoms with Crippen LogP contribution in [0.4, 0.5) is 0 Å². The van der Waals surface area contributed by atoms with Crippen LogP contribution in [0.25, 0.3) is 0 Å². The number of carbonyl (C=O) groups is 2. The van der Waals surface area contributed by atoms with Crippen LogP contribution in [0.15, 0.2) is 23.1 Å². The van der Waals surface area contributed by atoms with Crippen LogP contribution in [0, 0.1) is 6.92 Å². The van der Waals surface area contributed by atoms with E-state index in [2.05, 4.69) is 0 Å². The number of likely N-dealkylation sites (N-methyl/N-ethyl adjacent to an activating group) is 1. The molecule has 150 valence electrons. The minimum atomic E-state index is -3.64. The number of benzene rings is 1. The molecule has 1 aromatic rings. The van der Waals surface area contributed by atoms with Gasteiger partial charge in [0.05, 0.1) is 10.5 Å². The van der Waals surface area contributed by atoms with E-state index in [1.807, 2.05) is 13.8 Å². The average Bonchev–Trinajstić information content (AvgIpc) is 2.68. The van der Waals surface area contributed by atoms with Gasteiger partial charge in [-0.05, 0) is 51.3 Å². The number of hydrogen-bond donors (Lipinski definition) is 0. The van der Waals surface area contributed by atoms with E-state index in [9.17, 15) is 18.0 Å². The van der Waals surface area contributed by atoms with Crippen LogP contribution in [0.3, 0.4) is 0 Å². The zero-order valence-electron chi connectivity index (χ0n) is 16.2. The van der Waals surface area contributed by atoms with E-state index in [-0.39, 0.29) is 23.0 Å². The first-order chi connectivity index (χ1) is 12.8. The van der Waals surface area contributed by atoms with Crippen LogP contribution in [0.2, 0.25) is 0 Å². The molecule has 1 fully saturated rings. The van der Waals surface area contributed by atoms with E-state index >= 15 is 0 Å². The van der Waals surface area contributed by atoms with Crippen molar-refractivity contribution >= 4 is 21.9 Å². The monoisotopic (exact) mass is 396 g/mol. The Labute approximate surface area is 161 Å². The number of esters is 1. The van der Waals surface area contributed by atoms with Gasteiger partial charge in [-0.15, -0.1) is 0 Å². The van der Waals surface area contributed by atoms with Crippen LogP contribution in [0.1, 0.15) is 49.0 Å². The van der Waals surface area contributed by atoms with E-state index in [1.54, 1.807) is 17.9 Å². The van der Waals surface area contributed by atoms with Crippen LogP contribution < -0.4 is 0 Å². The molecule has 0 spiro atoms. The molecule has 2 rings (SSSR count). The summed E-state index contributed by atoms with van der Waals surface area (Å²) in [7, 11) is -3.64. The molecule has 1 saturated heterocycles. The van der Waals surface area contributed by atoms with Gasteiger partial charge in [-0.25, -0.2) is 13.2 Å². The molecule has 1 aliphatic heterocycles. The Morgan fingerprint density at radius 2 is 1.74 bits per heavy atom. The van der Waals surface area contributed by atoms with Gasteiger partial charge >= 0.3 is 5.97 Å². The van der Waals surface area contributed by atoms with E-state index in [0.29, 0.717) is 31.7 Å². The smallest absolute Gasteiger partial charge is 0.338 e. The van der Waals surface area contributed by atoms with Gasteiger partial charge in [-0.2, -0.15) is 4.31 Å². The highest BCUT2D eigenvalue weighted by Crippen LogP contribution is 2.23. The fourth-order valence-corrected chi connectivity index (χ4v) is 4.65. The summed E-state index contributed by atoms with van der Waals surface area (Å²) in [5.74, 6) is -0.966. The summed E-state index contributed by atoms with van der Waals surface area (Å²) in [6.07, 6.45) is 2.71. The molecule has 0 radical (unpaired) electrons. The molecule has 1 aliphatic rings. The zero-order valence-corrected chi connectivity index (χ0v) is 17.0. The third-order valence-electron chi connectivity index (χ3n) is 4.82. The lowest BCUT2D eigenvalue weighted by Crippen LogP contribution is -2.35. The third kappa shape index (κ3) is 5.07. The lowest BCUT2D eigenvalue weighted by molar-refractivity contribution is -0.134. The van der Waals surface area contributed by atoms with E-state index in [1.165, 1.54) is 16.4 Å². The molecule has 0 atom stereocenters. The van der Waals surface area contributed by atoms with E-state index in [0.717, 1.165) is 19.3 Å². The van der Waals surface area contributed by atoms with Crippen LogP contribution in [-0.4, -0.2) is 62.3 Å². The molecule has 27 heavy (non-hydrogen) atoms. The fraction of sp³-hybridized carbons (Fsp3) is 0.579. The topological polar surface area (TPSA) is 84.0 Å². The lowest BCUT2D eigenvalue weighted by atomic mass is 10.1. The predicted molar refractivity (Wildman–Crippen MR) is 102 cm³/mol. The number of nitrogens with zero attached hydrogens (tertiary/aromatic N) is 2. The maximum absolute atomic E-state index is 12.8. The Balaban J connectivity index is 2.16. The first kappa shape index (κ1) is 21.4. The van der Waals surface area contributed by atoms with Crippen molar-refractivity contribution in [3.63, 3.8) is 0 Å². The number of rotatable bonds is 7. The van der Waals surface area contributed by atoms with Crippen LogP contribution >= 0.6 is 0 Å². The van der Waals surface area contributed by atoms with Crippen molar-refractivity contribution in [1.29, 1.82) is 0 Å². The maximum Gasteiger partial charge on any atom is 0.338 e. The maximum atomic E-state index is 12.8. The second kappa shape index (κ2) is 9.32. The fourth-order valence-electron chi connectivity index (χ4n) is 3.11. The number of sulfonamides is 1. The zero-order chi connectivity index (χ0) is 20.0. The van der Waals surface area contributed by atoms with Crippen molar-refractivity contribution < 1.29 is 22.7 Å². The normalized spacial score (nSPS) is 15.4. The van der Waals surface area contributed by atoms with Gasteiger partial charge in [-0.1, -0.05) is 12.5 Å². The second-order valence-electron chi connectivity index (χ2n) is 6.58. The Hall–Kier alpha value is -1.93. The van der Waals surface area contributed by atoms with Gasteiger partial charge in [0.1, 0.15) is 0 Å². The van der Waals surface area contributed by atoms with Gasteiger partial charge in [0, 0.05) is 26.2 Å². The summed E-state index contributed by atoms with van der Waals surface area (Å²) in [6.45, 7) is 7.11. The molecule has 8 heteroatoms. The molecule has 0 N–H and O–H groups in total. The molecule has 1 heterocycles. The first-order valence-corrected chi connectivity index (χ1v) is 10.8. The van der Waals surface area contributed by atoms with E-state index < -0.39 is 16.0 Å². The van der Waals surface area contributed by atoms with Crippen molar-refractivity contribution in [2.75, 3.05) is 32.8 Å². The molecule has 0 bridgehead atoms. The Bertz CT molecular complexity index is 781. The lowest BCUT2D eigenvalue weighted by Gasteiger charge is -2.26. The average molecular weight is 397 g/mol. The van der Waals surface area contributed by atoms with Crippen molar-refractivity contribution in [3.8, 4) is 0 Å². The molecule has 7 nitrogen and oxygen atoms in total. The first-order valence-electron chi connectivity index (χ1n) is 9.37. The molecule has 1 amide bonds. The molecule has 0 saturated carbocycles. The Kier molecular flexibility index (Phi) is 7.38. The summed E-state index contributed by atoms with van der Waals surface area (Å²) >= 11 is 0. The summed E-state index contributed by atoms with van der Waals surface area (Å²) in [4.78, 5) is 26.1. The second-order valence-corrected chi connectivity index (χ2v) is 8.52. The van der Waals surface area contributed by atoms with Gasteiger partial charge in [-0.3, -0.25) is 4.79 Å². The highest BCUT2D eigenvalue weighted by atomic mass is 32.2. The standard InChI is InChI=1S/C19H28N2O5S/c1-4-20(5-2)18(22)14-26-19(23)17-13-16(10-9-15(17)3)27(24,25)21-11-7-6-8-12-21/h9-10,13H,4-8,11-12,14H2,1-3H3. The van der Waals surface area contributed by atoms with E-state index in [4.69, 9.17) is 4.74 Å². The molecule has 1 aromatic carbocycles. The summed E-state index contributed by atoms with van der Waals surface area (Å²) < 4.78 is 32.2. The summed E-state index contributed by atoms with van der Waals surface area (Å²) in [5, 5.41) is 0. The van der Waals surface area contributed by atoms with Crippen molar-refractivity contribution in [2.45, 2.75) is 44.9 Å². The molecular formula is C19H28N2O5S.